The fourth-order valence-corrected chi connectivity index (χ4v) is 4.05. The molecule has 166 valence electrons. The van der Waals surface area contributed by atoms with E-state index in [0.717, 1.165) is 42.7 Å². The molecule has 10 heteroatoms. The van der Waals surface area contributed by atoms with E-state index in [-0.39, 0.29) is 0 Å². The number of likely N-dealkylation sites (tertiary alicyclic amines) is 1. The first-order chi connectivity index (χ1) is 15.0. The summed E-state index contributed by atoms with van der Waals surface area (Å²) >= 11 is 0. The van der Waals surface area contributed by atoms with Crippen LogP contribution in [0.15, 0.2) is 30.9 Å². The second-order valence-electron chi connectivity index (χ2n) is 8.26. The summed E-state index contributed by atoms with van der Waals surface area (Å²) in [7, 11) is 0. The number of fused-ring (bicyclic) bond motifs is 1. The van der Waals surface area contributed by atoms with Crippen molar-refractivity contribution in [2.24, 2.45) is 0 Å². The maximum atomic E-state index is 10.6. The highest BCUT2D eigenvalue weighted by Crippen LogP contribution is 2.25. The van der Waals surface area contributed by atoms with E-state index in [4.69, 9.17) is 5.11 Å². The van der Waals surface area contributed by atoms with E-state index in [0.29, 0.717) is 37.5 Å². The first-order valence-corrected chi connectivity index (χ1v) is 10.8. The minimum absolute atomic E-state index is 0.403. The van der Waals surface area contributed by atoms with Crippen molar-refractivity contribution in [3.63, 3.8) is 0 Å². The molecule has 3 N–H and O–H groups in total. The molecule has 0 unspecified atom stereocenters. The monoisotopic (exact) mass is 426 g/mol. The van der Waals surface area contributed by atoms with Crippen LogP contribution in [0.2, 0.25) is 0 Å². The van der Waals surface area contributed by atoms with Crippen LogP contribution in [0.1, 0.15) is 39.2 Å². The maximum absolute atomic E-state index is 10.6. The SMILES string of the molecule is CC(C)N1CCC(n2cc(Nc3ncc4ccn(CCCNC(=O)O)c4n3)cn2)CC1. The van der Waals surface area contributed by atoms with Crippen molar-refractivity contribution < 1.29 is 9.90 Å². The highest BCUT2D eigenvalue weighted by atomic mass is 16.4. The van der Waals surface area contributed by atoms with E-state index in [9.17, 15) is 4.79 Å². The number of rotatable bonds is 8. The van der Waals surface area contributed by atoms with Gasteiger partial charge in [0.15, 0.2) is 0 Å². The van der Waals surface area contributed by atoms with E-state index in [2.05, 4.69) is 49.1 Å². The molecular weight excluding hydrogens is 396 g/mol. The summed E-state index contributed by atoms with van der Waals surface area (Å²) in [6.07, 6.45) is 9.48. The van der Waals surface area contributed by atoms with Crippen LogP contribution in [0.3, 0.4) is 0 Å². The Kier molecular flexibility index (Phi) is 6.36. The second-order valence-corrected chi connectivity index (χ2v) is 8.26. The van der Waals surface area contributed by atoms with Gasteiger partial charge in [-0.2, -0.15) is 10.1 Å². The normalized spacial score (nSPS) is 15.6. The van der Waals surface area contributed by atoms with Crippen molar-refractivity contribution in [1.82, 2.24) is 34.5 Å². The number of aromatic nitrogens is 5. The van der Waals surface area contributed by atoms with Gasteiger partial charge in [-0.3, -0.25) is 4.68 Å². The molecular formula is C21H30N8O2. The Morgan fingerprint density at radius 2 is 2.10 bits per heavy atom. The summed E-state index contributed by atoms with van der Waals surface area (Å²) < 4.78 is 4.06. The predicted octanol–water partition coefficient (Wildman–Crippen LogP) is 3.07. The number of amides is 1. The number of aryl methyl sites for hydroxylation is 1. The third-order valence-electron chi connectivity index (χ3n) is 5.82. The average molecular weight is 427 g/mol. The zero-order chi connectivity index (χ0) is 21.8. The summed E-state index contributed by atoms with van der Waals surface area (Å²) in [6.45, 7) is 7.77. The lowest BCUT2D eigenvalue weighted by molar-refractivity contribution is 0.147. The summed E-state index contributed by atoms with van der Waals surface area (Å²) in [4.78, 5) is 22.2. The maximum Gasteiger partial charge on any atom is 0.404 e. The number of nitrogens with zero attached hydrogens (tertiary/aromatic N) is 6. The highest BCUT2D eigenvalue weighted by molar-refractivity contribution is 5.76. The fourth-order valence-electron chi connectivity index (χ4n) is 4.05. The topological polar surface area (TPSA) is 113 Å². The molecule has 1 amide bonds. The minimum atomic E-state index is -1.00. The number of anilines is 2. The van der Waals surface area contributed by atoms with Crippen LogP contribution in [-0.4, -0.2) is 66.1 Å². The molecule has 10 nitrogen and oxygen atoms in total. The summed E-state index contributed by atoms with van der Waals surface area (Å²) in [5, 5.41) is 19.8. The van der Waals surface area contributed by atoms with Gasteiger partial charge in [-0.25, -0.2) is 9.78 Å². The molecule has 1 aliphatic heterocycles. The number of nitrogens with one attached hydrogen (secondary N) is 2. The Morgan fingerprint density at radius 1 is 1.29 bits per heavy atom. The standard InChI is InChI=1S/C21H30N8O2/c1-15(2)27-10-5-18(6-11-27)29-14-17(13-24-29)25-20-23-12-16-4-9-28(19(16)26-20)8-3-7-22-21(30)31/h4,9,12-15,18,22H,3,5-8,10-11H2,1-2H3,(H,30,31)(H,23,25,26). The summed E-state index contributed by atoms with van der Waals surface area (Å²) in [6, 6.07) is 2.98. The van der Waals surface area contributed by atoms with Gasteiger partial charge >= 0.3 is 6.09 Å². The van der Waals surface area contributed by atoms with Gasteiger partial charge < -0.3 is 25.2 Å². The van der Waals surface area contributed by atoms with Crippen LogP contribution in [0.5, 0.6) is 0 Å². The van der Waals surface area contributed by atoms with Crippen LogP contribution in [0, 0.1) is 0 Å². The average Bonchev–Trinajstić information content (AvgIpc) is 3.38. The largest absolute Gasteiger partial charge is 0.465 e. The number of carbonyl (C=O) groups is 1. The molecule has 0 bridgehead atoms. The summed E-state index contributed by atoms with van der Waals surface area (Å²) in [5.41, 5.74) is 1.69. The zero-order valence-corrected chi connectivity index (χ0v) is 18.0. The van der Waals surface area contributed by atoms with E-state index >= 15 is 0 Å². The molecule has 0 aliphatic carbocycles. The van der Waals surface area contributed by atoms with Crippen LogP contribution >= 0.6 is 0 Å². The third-order valence-corrected chi connectivity index (χ3v) is 5.82. The van der Waals surface area contributed by atoms with Crippen molar-refractivity contribution in [3.05, 3.63) is 30.9 Å². The van der Waals surface area contributed by atoms with Crippen LogP contribution in [-0.2, 0) is 6.54 Å². The van der Waals surface area contributed by atoms with Gasteiger partial charge in [0.05, 0.1) is 17.9 Å². The molecule has 3 aromatic rings. The molecule has 0 spiro atoms. The van der Waals surface area contributed by atoms with E-state index in [1.54, 1.807) is 6.20 Å². The third kappa shape index (κ3) is 5.13. The Balaban J connectivity index is 1.39. The molecule has 0 aromatic carbocycles. The van der Waals surface area contributed by atoms with Crippen molar-refractivity contribution >= 4 is 28.8 Å². The quantitative estimate of drug-likeness (QED) is 0.474. The molecule has 1 aliphatic rings. The van der Waals surface area contributed by atoms with Crippen LogP contribution < -0.4 is 10.6 Å². The number of hydrogen-bond donors (Lipinski definition) is 3. The van der Waals surface area contributed by atoms with Gasteiger partial charge in [-0.1, -0.05) is 0 Å². The Morgan fingerprint density at radius 3 is 2.84 bits per heavy atom. The zero-order valence-electron chi connectivity index (χ0n) is 18.0. The summed E-state index contributed by atoms with van der Waals surface area (Å²) in [5.74, 6) is 0.519. The predicted molar refractivity (Wildman–Crippen MR) is 119 cm³/mol. The lowest BCUT2D eigenvalue weighted by Gasteiger charge is -2.34. The van der Waals surface area contributed by atoms with E-state index in [1.807, 2.05) is 29.2 Å². The second kappa shape index (κ2) is 9.34. The first kappa shape index (κ1) is 21.1. The molecule has 0 saturated carbocycles. The van der Waals surface area contributed by atoms with Crippen LogP contribution in [0.4, 0.5) is 16.4 Å². The molecule has 1 fully saturated rings. The van der Waals surface area contributed by atoms with Crippen molar-refractivity contribution in [2.75, 3.05) is 25.0 Å². The van der Waals surface area contributed by atoms with Gasteiger partial charge in [-0.15, -0.1) is 0 Å². The van der Waals surface area contributed by atoms with Gasteiger partial charge in [0.25, 0.3) is 0 Å². The van der Waals surface area contributed by atoms with Crippen molar-refractivity contribution in [3.8, 4) is 0 Å². The van der Waals surface area contributed by atoms with Gasteiger partial charge in [0, 0.05) is 56.2 Å². The van der Waals surface area contributed by atoms with Gasteiger partial charge in [-0.05, 0) is 39.2 Å². The van der Waals surface area contributed by atoms with E-state index in [1.165, 1.54) is 0 Å². The number of piperidine rings is 1. The Bertz CT molecular complexity index is 1020. The first-order valence-electron chi connectivity index (χ1n) is 10.8. The molecule has 1 saturated heterocycles. The molecule has 4 heterocycles. The molecule has 3 aromatic heterocycles. The molecule has 31 heavy (non-hydrogen) atoms. The fraction of sp³-hybridized carbons (Fsp3) is 0.524. The molecule has 0 radical (unpaired) electrons. The highest BCUT2D eigenvalue weighted by Gasteiger charge is 2.22. The van der Waals surface area contributed by atoms with Gasteiger partial charge in [0.2, 0.25) is 5.95 Å². The Hall–Kier alpha value is -3.14. The van der Waals surface area contributed by atoms with Crippen LogP contribution in [0.25, 0.3) is 11.0 Å². The number of carboxylic acid groups (broad SMARTS) is 1. The minimum Gasteiger partial charge on any atom is -0.465 e. The smallest absolute Gasteiger partial charge is 0.404 e. The number of hydrogen-bond acceptors (Lipinski definition) is 6. The molecule has 4 rings (SSSR count). The lowest BCUT2D eigenvalue weighted by Crippen LogP contribution is -2.39. The van der Waals surface area contributed by atoms with Crippen molar-refractivity contribution in [2.45, 2.75) is 51.7 Å². The van der Waals surface area contributed by atoms with Crippen molar-refractivity contribution in [1.29, 1.82) is 0 Å². The van der Waals surface area contributed by atoms with Gasteiger partial charge in [0.1, 0.15) is 5.65 Å². The molecule has 0 atom stereocenters. The van der Waals surface area contributed by atoms with E-state index < -0.39 is 6.09 Å². The lowest BCUT2D eigenvalue weighted by atomic mass is 10.0. The Labute approximate surface area is 181 Å².